The molecule has 0 radical (unpaired) electrons. The molecule has 17 heavy (non-hydrogen) atoms. The van der Waals surface area contributed by atoms with E-state index in [0.717, 1.165) is 12.3 Å². The lowest BCUT2D eigenvalue weighted by Gasteiger charge is -2.30. The number of rotatable bonds is 5. The standard InChI is InChI=1S/C16H28O/c1-4-15-9-7-5-6-8-10-16(15)13(2)11-12-14(3)17/h15-16H,2,4-12H2,1,3H3/t15-,16-/m0/s1. The van der Waals surface area contributed by atoms with Gasteiger partial charge in [0.1, 0.15) is 5.78 Å². The van der Waals surface area contributed by atoms with Gasteiger partial charge in [0.2, 0.25) is 0 Å². The second kappa shape index (κ2) is 7.68. The Hall–Kier alpha value is -0.590. The molecule has 1 fully saturated rings. The van der Waals surface area contributed by atoms with Gasteiger partial charge >= 0.3 is 0 Å². The largest absolute Gasteiger partial charge is 0.300 e. The molecule has 1 rings (SSSR count). The quantitative estimate of drug-likeness (QED) is 0.620. The van der Waals surface area contributed by atoms with E-state index < -0.39 is 0 Å². The van der Waals surface area contributed by atoms with E-state index in [9.17, 15) is 4.79 Å². The van der Waals surface area contributed by atoms with Crippen molar-refractivity contribution in [3.05, 3.63) is 12.2 Å². The molecule has 0 heterocycles. The summed E-state index contributed by atoms with van der Waals surface area (Å²) < 4.78 is 0. The molecule has 0 aromatic carbocycles. The predicted molar refractivity (Wildman–Crippen MR) is 74.0 cm³/mol. The Labute approximate surface area is 107 Å². The maximum absolute atomic E-state index is 11.1. The van der Waals surface area contributed by atoms with Gasteiger partial charge in [-0.15, -0.1) is 0 Å². The van der Waals surface area contributed by atoms with Crippen molar-refractivity contribution < 1.29 is 4.79 Å². The van der Waals surface area contributed by atoms with E-state index in [2.05, 4.69) is 13.5 Å². The molecule has 1 saturated carbocycles. The van der Waals surface area contributed by atoms with Crippen molar-refractivity contribution in [1.82, 2.24) is 0 Å². The molecule has 0 N–H and O–H groups in total. The van der Waals surface area contributed by atoms with Gasteiger partial charge in [-0.1, -0.05) is 51.2 Å². The average Bonchev–Trinajstić information content (AvgIpc) is 2.26. The number of carbonyl (C=O) groups is 1. The van der Waals surface area contributed by atoms with Crippen LogP contribution < -0.4 is 0 Å². The monoisotopic (exact) mass is 236 g/mol. The van der Waals surface area contributed by atoms with Crippen LogP contribution in [0.1, 0.15) is 71.6 Å². The highest BCUT2D eigenvalue weighted by Crippen LogP contribution is 2.35. The molecule has 0 aromatic heterocycles. The molecule has 0 aromatic rings. The van der Waals surface area contributed by atoms with Gasteiger partial charge in [-0.2, -0.15) is 0 Å². The van der Waals surface area contributed by atoms with E-state index in [4.69, 9.17) is 0 Å². The summed E-state index contributed by atoms with van der Waals surface area (Å²) >= 11 is 0. The Bertz CT molecular complexity index is 254. The van der Waals surface area contributed by atoms with Crippen molar-refractivity contribution >= 4 is 5.78 Å². The maximum atomic E-state index is 11.1. The molecule has 0 unspecified atom stereocenters. The normalized spacial score (nSPS) is 26.0. The van der Waals surface area contributed by atoms with Crippen LogP contribution in [0.5, 0.6) is 0 Å². The summed E-state index contributed by atoms with van der Waals surface area (Å²) in [4.78, 5) is 11.1. The maximum Gasteiger partial charge on any atom is 0.130 e. The first kappa shape index (κ1) is 14.5. The third kappa shape index (κ3) is 5.06. The summed E-state index contributed by atoms with van der Waals surface area (Å²) in [5.74, 6) is 1.79. The Morgan fingerprint density at radius 3 is 2.35 bits per heavy atom. The molecular formula is C16H28O. The van der Waals surface area contributed by atoms with Gasteiger partial charge in [-0.25, -0.2) is 0 Å². The van der Waals surface area contributed by atoms with E-state index >= 15 is 0 Å². The topological polar surface area (TPSA) is 17.1 Å². The number of carbonyl (C=O) groups excluding carboxylic acids is 1. The minimum Gasteiger partial charge on any atom is -0.300 e. The molecular weight excluding hydrogens is 208 g/mol. The van der Waals surface area contributed by atoms with Gasteiger partial charge < -0.3 is 4.79 Å². The van der Waals surface area contributed by atoms with E-state index in [1.165, 1.54) is 50.5 Å². The SMILES string of the molecule is C=C(CCC(C)=O)[C@@H]1CCCCCC[C@@H]1CC. The molecule has 0 saturated heterocycles. The lowest BCUT2D eigenvalue weighted by Crippen LogP contribution is -2.18. The molecule has 0 aliphatic heterocycles. The van der Waals surface area contributed by atoms with Gasteiger partial charge in [0.15, 0.2) is 0 Å². The van der Waals surface area contributed by atoms with Gasteiger partial charge in [-0.3, -0.25) is 0 Å². The molecule has 0 amide bonds. The van der Waals surface area contributed by atoms with Crippen molar-refractivity contribution in [1.29, 1.82) is 0 Å². The van der Waals surface area contributed by atoms with Crippen LogP contribution in [0.2, 0.25) is 0 Å². The van der Waals surface area contributed by atoms with E-state index in [1.807, 2.05) is 0 Å². The fourth-order valence-corrected chi connectivity index (χ4v) is 3.11. The van der Waals surface area contributed by atoms with E-state index in [0.29, 0.717) is 18.1 Å². The first-order chi connectivity index (χ1) is 8.15. The molecule has 0 spiro atoms. The zero-order chi connectivity index (χ0) is 12.7. The van der Waals surface area contributed by atoms with Crippen LogP contribution in [0.15, 0.2) is 12.2 Å². The second-order valence-electron chi connectivity index (χ2n) is 5.63. The smallest absolute Gasteiger partial charge is 0.130 e. The fourth-order valence-electron chi connectivity index (χ4n) is 3.11. The zero-order valence-electron chi connectivity index (χ0n) is 11.6. The van der Waals surface area contributed by atoms with E-state index in [1.54, 1.807) is 6.92 Å². The predicted octanol–water partition coefficient (Wildman–Crippen LogP) is 4.91. The summed E-state index contributed by atoms with van der Waals surface area (Å²) in [6.07, 6.45) is 11.0. The van der Waals surface area contributed by atoms with Crippen molar-refractivity contribution in [2.24, 2.45) is 11.8 Å². The van der Waals surface area contributed by atoms with Crippen LogP contribution in [0.25, 0.3) is 0 Å². The van der Waals surface area contributed by atoms with Gasteiger partial charge in [0.05, 0.1) is 0 Å². The number of hydrogen-bond acceptors (Lipinski definition) is 1. The van der Waals surface area contributed by atoms with Crippen LogP contribution in [0.3, 0.4) is 0 Å². The Balaban J connectivity index is 2.54. The Morgan fingerprint density at radius 2 is 1.76 bits per heavy atom. The third-order valence-electron chi connectivity index (χ3n) is 4.26. The summed E-state index contributed by atoms with van der Waals surface area (Å²) in [6.45, 7) is 8.25. The zero-order valence-corrected chi connectivity index (χ0v) is 11.6. The number of ketones is 1. The second-order valence-corrected chi connectivity index (χ2v) is 5.63. The van der Waals surface area contributed by atoms with Crippen molar-refractivity contribution in [2.75, 3.05) is 0 Å². The fraction of sp³-hybridized carbons (Fsp3) is 0.812. The van der Waals surface area contributed by atoms with Gasteiger partial charge in [-0.05, 0) is 38.0 Å². The van der Waals surface area contributed by atoms with Crippen LogP contribution in [0.4, 0.5) is 0 Å². The average molecular weight is 236 g/mol. The van der Waals surface area contributed by atoms with Crippen LogP contribution in [0, 0.1) is 11.8 Å². The first-order valence-electron chi connectivity index (χ1n) is 7.32. The minimum atomic E-state index is 0.296. The summed E-state index contributed by atoms with van der Waals surface area (Å²) in [5, 5.41) is 0. The highest BCUT2D eigenvalue weighted by molar-refractivity contribution is 5.75. The first-order valence-corrected chi connectivity index (χ1v) is 7.32. The van der Waals surface area contributed by atoms with Crippen LogP contribution >= 0.6 is 0 Å². The highest BCUT2D eigenvalue weighted by Gasteiger charge is 2.23. The summed E-state index contributed by atoms with van der Waals surface area (Å²) in [5.41, 5.74) is 1.34. The summed E-state index contributed by atoms with van der Waals surface area (Å²) in [6, 6.07) is 0. The lowest BCUT2D eigenvalue weighted by molar-refractivity contribution is -0.117. The number of Topliss-reactive ketones (excluding diaryl/α,β-unsaturated/α-hetero) is 1. The molecule has 1 aliphatic carbocycles. The van der Waals surface area contributed by atoms with Crippen LogP contribution in [-0.2, 0) is 4.79 Å². The van der Waals surface area contributed by atoms with Crippen molar-refractivity contribution in [3.8, 4) is 0 Å². The summed E-state index contributed by atoms with van der Waals surface area (Å²) in [7, 11) is 0. The Kier molecular flexibility index (Phi) is 6.54. The van der Waals surface area contributed by atoms with Gasteiger partial charge in [0.25, 0.3) is 0 Å². The molecule has 1 heteroatoms. The van der Waals surface area contributed by atoms with Crippen LogP contribution in [-0.4, -0.2) is 5.78 Å². The molecule has 98 valence electrons. The molecule has 2 atom stereocenters. The van der Waals surface area contributed by atoms with Crippen molar-refractivity contribution in [3.63, 3.8) is 0 Å². The number of hydrogen-bond donors (Lipinski definition) is 0. The molecule has 1 aliphatic rings. The van der Waals surface area contributed by atoms with Gasteiger partial charge in [0, 0.05) is 6.42 Å². The molecule has 0 bridgehead atoms. The number of allylic oxidation sites excluding steroid dienone is 1. The Morgan fingerprint density at radius 1 is 1.12 bits per heavy atom. The highest BCUT2D eigenvalue weighted by atomic mass is 16.1. The lowest BCUT2D eigenvalue weighted by atomic mass is 9.75. The third-order valence-corrected chi connectivity index (χ3v) is 4.26. The van der Waals surface area contributed by atoms with Crippen molar-refractivity contribution in [2.45, 2.75) is 71.6 Å². The molecule has 1 nitrogen and oxygen atoms in total. The van der Waals surface area contributed by atoms with E-state index in [-0.39, 0.29) is 0 Å². The minimum absolute atomic E-state index is 0.296.